The number of benzene rings is 2. The number of anilines is 1. The number of carbonyl (C=O) groups is 1. The molecular formula is C22H23FN4O3S. The van der Waals surface area contributed by atoms with E-state index in [0.717, 1.165) is 5.56 Å². The number of nitrogen functional groups attached to an aromatic ring is 1. The van der Waals surface area contributed by atoms with Crippen molar-refractivity contribution in [3.63, 3.8) is 0 Å². The van der Waals surface area contributed by atoms with Gasteiger partial charge < -0.3 is 15.7 Å². The molecule has 0 aromatic heterocycles. The Morgan fingerprint density at radius 2 is 1.97 bits per heavy atom. The van der Waals surface area contributed by atoms with Crippen molar-refractivity contribution in [1.29, 1.82) is 0 Å². The highest BCUT2D eigenvalue weighted by molar-refractivity contribution is 7.93. The van der Waals surface area contributed by atoms with Crippen LogP contribution in [0.25, 0.3) is 0 Å². The van der Waals surface area contributed by atoms with Gasteiger partial charge in [0.1, 0.15) is 17.1 Å². The molecule has 0 spiro atoms. The summed E-state index contributed by atoms with van der Waals surface area (Å²) in [6, 6.07) is 10.5. The van der Waals surface area contributed by atoms with Crippen LogP contribution in [-0.4, -0.2) is 38.3 Å². The molecule has 2 aliphatic heterocycles. The number of fused-ring (bicyclic) bond motifs is 1. The highest BCUT2D eigenvalue weighted by Crippen LogP contribution is 2.35. The van der Waals surface area contributed by atoms with Gasteiger partial charge in [0, 0.05) is 31.0 Å². The molecule has 7 nitrogen and oxygen atoms in total. The lowest BCUT2D eigenvalue weighted by molar-refractivity contribution is -0.131. The monoisotopic (exact) mass is 442 g/mol. The van der Waals surface area contributed by atoms with Crippen LogP contribution in [-0.2, 0) is 21.1 Å². The van der Waals surface area contributed by atoms with E-state index in [0.29, 0.717) is 22.7 Å². The third kappa shape index (κ3) is 3.93. The second kappa shape index (κ2) is 7.81. The molecule has 2 aromatic rings. The van der Waals surface area contributed by atoms with E-state index in [1.807, 2.05) is 6.92 Å². The van der Waals surface area contributed by atoms with Crippen LogP contribution in [0.5, 0.6) is 0 Å². The van der Waals surface area contributed by atoms with Gasteiger partial charge in [0.05, 0.1) is 20.3 Å². The largest absolute Gasteiger partial charge is 0.511 e. The first-order valence-electron chi connectivity index (χ1n) is 9.88. The highest BCUT2D eigenvalue weighted by atomic mass is 32.2. The molecule has 4 rings (SSSR count). The fourth-order valence-electron chi connectivity index (χ4n) is 3.82. The molecule has 2 heterocycles. The summed E-state index contributed by atoms with van der Waals surface area (Å²) < 4.78 is 30.7. The fourth-order valence-corrected chi connectivity index (χ4v) is 5.24. The average Bonchev–Trinajstić information content (AvgIpc) is 2.71. The molecule has 3 N–H and O–H groups in total. The number of carbonyl (C=O) groups excluding carboxylic acids is 1. The highest BCUT2D eigenvalue weighted by Gasteiger charge is 2.37. The first-order chi connectivity index (χ1) is 14.7. The van der Waals surface area contributed by atoms with Crippen LogP contribution in [0.4, 0.5) is 15.8 Å². The summed E-state index contributed by atoms with van der Waals surface area (Å²) >= 11 is 0. The lowest BCUT2D eigenvalue weighted by Gasteiger charge is -2.36. The molecule has 9 heteroatoms. The summed E-state index contributed by atoms with van der Waals surface area (Å²) in [7, 11) is -2.90. The van der Waals surface area contributed by atoms with Crippen molar-refractivity contribution in [2.75, 3.05) is 12.0 Å². The van der Waals surface area contributed by atoms with E-state index < -0.39 is 15.6 Å². The molecule has 162 valence electrons. The maximum absolute atomic E-state index is 13.4. The van der Waals surface area contributed by atoms with Crippen molar-refractivity contribution >= 4 is 32.8 Å². The molecule has 1 amide bonds. The van der Waals surface area contributed by atoms with Crippen LogP contribution >= 0.6 is 0 Å². The van der Waals surface area contributed by atoms with Gasteiger partial charge >= 0.3 is 0 Å². The number of amidine groups is 1. The second-order valence-electron chi connectivity index (χ2n) is 7.70. The number of hydrogen-bond donors (Lipinski definition) is 2. The Kier molecular flexibility index (Phi) is 5.30. The van der Waals surface area contributed by atoms with E-state index in [-0.39, 0.29) is 42.0 Å². The van der Waals surface area contributed by atoms with Crippen LogP contribution in [0.2, 0.25) is 0 Å². The van der Waals surface area contributed by atoms with Crippen molar-refractivity contribution in [2.45, 2.75) is 37.2 Å². The molecule has 31 heavy (non-hydrogen) atoms. The first kappa shape index (κ1) is 21.0. The SMILES string of the molecule is CC[C@H]1CC(O)=C(C2=Nc3ccc(N)cc3S(C)(=O)=N2)C(=O)N1Cc1ccc(F)cc1. The van der Waals surface area contributed by atoms with Gasteiger partial charge in [-0.25, -0.2) is 13.6 Å². The summed E-state index contributed by atoms with van der Waals surface area (Å²) in [5, 5.41) is 10.7. The third-order valence-electron chi connectivity index (χ3n) is 5.47. The van der Waals surface area contributed by atoms with E-state index in [4.69, 9.17) is 5.73 Å². The molecule has 0 fully saturated rings. The summed E-state index contributed by atoms with van der Waals surface area (Å²) in [5.41, 5.74) is 7.36. The molecule has 0 saturated heterocycles. The lowest BCUT2D eigenvalue weighted by atomic mass is 9.96. The average molecular weight is 443 g/mol. The van der Waals surface area contributed by atoms with E-state index >= 15 is 0 Å². The minimum Gasteiger partial charge on any atom is -0.511 e. The fraction of sp³-hybridized carbons (Fsp3) is 0.273. The topological polar surface area (TPSA) is 108 Å². The summed E-state index contributed by atoms with van der Waals surface area (Å²) in [6.07, 6.45) is 2.31. The molecule has 0 saturated carbocycles. The number of aliphatic hydroxyl groups is 1. The van der Waals surface area contributed by atoms with Gasteiger partial charge in [-0.15, -0.1) is 0 Å². The Hall–Kier alpha value is -3.20. The minimum absolute atomic E-state index is 0.0501. The smallest absolute Gasteiger partial charge is 0.261 e. The van der Waals surface area contributed by atoms with Gasteiger partial charge in [-0.05, 0) is 42.3 Å². The maximum atomic E-state index is 13.4. The molecular weight excluding hydrogens is 419 g/mol. The first-order valence-corrected chi connectivity index (χ1v) is 11.8. The van der Waals surface area contributed by atoms with Crippen LogP contribution in [0.15, 0.2) is 68.0 Å². The predicted octanol–water partition coefficient (Wildman–Crippen LogP) is 3.93. The van der Waals surface area contributed by atoms with Gasteiger partial charge in [-0.2, -0.15) is 4.36 Å². The molecule has 0 radical (unpaired) electrons. The van der Waals surface area contributed by atoms with Gasteiger partial charge in [0.15, 0.2) is 5.84 Å². The molecule has 0 bridgehead atoms. The van der Waals surface area contributed by atoms with Crippen molar-refractivity contribution in [3.05, 3.63) is 65.2 Å². The Balaban J connectivity index is 1.76. The Labute approximate surface area is 180 Å². The number of aliphatic hydroxyl groups excluding tert-OH is 1. The zero-order valence-electron chi connectivity index (χ0n) is 17.2. The Morgan fingerprint density at radius 3 is 2.65 bits per heavy atom. The zero-order chi connectivity index (χ0) is 22.3. The maximum Gasteiger partial charge on any atom is 0.261 e. The molecule has 2 atom stereocenters. The summed E-state index contributed by atoms with van der Waals surface area (Å²) in [6.45, 7) is 2.17. The predicted molar refractivity (Wildman–Crippen MR) is 118 cm³/mol. The lowest BCUT2D eigenvalue weighted by Crippen LogP contribution is -2.45. The number of nitrogens with two attached hydrogens (primary N) is 1. The Morgan fingerprint density at radius 1 is 1.26 bits per heavy atom. The number of halogens is 1. The summed E-state index contributed by atoms with van der Waals surface area (Å²) in [5.74, 6) is -0.974. The van der Waals surface area contributed by atoms with E-state index in [1.165, 1.54) is 18.4 Å². The van der Waals surface area contributed by atoms with Gasteiger partial charge in [-0.3, -0.25) is 4.79 Å². The minimum atomic E-state index is -2.90. The molecule has 1 unspecified atom stereocenters. The molecule has 2 aliphatic rings. The number of aliphatic imine (C=N–C) groups is 1. The molecule has 0 aliphatic carbocycles. The second-order valence-corrected chi connectivity index (χ2v) is 9.93. The van der Waals surface area contributed by atoms with Crippen molar-refractivity contribution in [3.8, 4) is 0 Å². The van der Waals surface area contributed by atoms with E-state index in [2.05, 4.69) is 9.36 Å². The Bertz CT molecular complexity index is 1240. The number of hydrogen-bond acceptors (Lipinski definition) is 6. The van der Waals surface area contributed by atoms with Crippen LogP contribution < -0.4 is 5.73 Å². The zero-order valence-corrected chi connectivity index (χ0v) is 18.0. The van der Waals surface area contributed by atoms with Crippen LogP contribution in [0.1, 0.15) is 25.3 Å². The summed E-state index contributed by atoms with van der Waals surface area (Å²) in [4.78, 5) is 19.9. The van der Waals surface area contributed by atoms with E-state index in [1.54, 1.807) is 35.2 Å². The normalized spacial score (nSPS) is 23.3. The number of amides is 1. The number of rotatable bonds is 4. The van der Waals surface area contributed by atoms with E-state index in [9.17, 15) is 18.5 Å². The third-order valence-corrected chi connectivity index (χ3v) is 7.14. The van der Waals surface area contributed by atoms with Gasteiger partial charge in [-0.1, -0.05) is 19.1 Å². The van der Waals surface area contributed by atoms with Crippen molar-refractivity contribution in [2.24, 2.45) is 9.36 Å². The van der Waals surface area contributed by atoms with Crippen molar-refractivity contribution in [1.82, 2.24) is 4.90 Å². The van der Waals surface area contributed by atoms with Gasteiger partial charge in [0.25, 0.3) is 5.91 Å². The standard InChI is InChI=1S/C22H23FN4O3S/c1-3-16-11-18(28)20(22(29)27(16)12-13-4-6-14(23)7-5-13)21-25-17-9-8-15(24)10-19(17)31(2,30)26-21/h4-10,16,28H,3,11-12,24H2,1-2H3/t16-,31?/m0/s1. The quantitative estimate of drug-likeness (QED) is 0.699. The number of nitrogens with zero attached hydrogens (tertiary/aromatic N) is 3. The molecule has 2 aromatic carbocycles. The van der Waals surface area contributed by atoms with Gasteiger partial charge in [0.2, 0.25) is 0 Å². The van der Waals surface area contributed by atoms with Crippen LogP contribution in [0.3, 0.4) is 0 Å². The van der Waals surface area contributed by atoms with Crippen LogP contribution in [0, 0.1) is 5.82 Å². The van der Waals surface area contributed by atoms with Crippen molar-refractivity contribution < 1.29 is 18.5 Å².